The third kappa shape index (κ3) is 2.25. The van der Waals surface area contributed by atoms with Crippen LogP contribution in [0, 0.1) is 17.5 Å². The maximum atomic E-state index is 13.1. The molecule has 0 amide bonds. The molecular weight excluding hydrogens is 227 g/mol. The van der Waals surface area contributed by atoms with E-state index in [4.69, 9.17) is 15.9 Å². The first-order chi connectivity index (χ1) is 7.34. The molecule has 0 saturated heterocycles. The van der Waals surface area contributed by atoms with Crippen LogP contribution in [0.25, 0.3) is 0 Å². The molecule has 4 nitrogen and oxygen atoms in total. The van der Waals surface area contributed by atoms with E-state index in [-0.39, 0.29) is 0 Å². The molecule has 0 aliphatic carbocycles. The molecule has 4 N–H and O–H groups in total. The molecule has 7 heteroatoms. The number of halogens is 3. The van der Waals surface area contributed by atoms with Crippen molar-refractivity contribution in [1.82, 2.24) is 0 Å². The van der Waals surface area contributed by atoms with Gasteiger partial charge in [-0.05, 0) is 11.6 Å². The van der Waals surface area contributed by atoms with Gasteiger partial charge in [-0.25, -0.2) is 8.78 Å². The van der Waals surface area contributed by atoms with Crippen LogP contribution in [0.15, 0.2) is 6.07 Å². The summed E-state index contributed by atoms with van der Waals surface area (Å²) in [6.07, 6.45) is -0.574. The molecule has 16 heavy (non-hydrogen) atoms. The van der Waals surface area contributed by atoms with Crippen molar-refractivity contribution < 1.29 is 28.2 Å². The molecule has 0 radical (unpaired) electrons. The normalized spacial score (nSPS) is 12.5. The Bertz CT molecular complexity index is 436. The van der Waals surface area contributed by atoms with Crippen molar-refractivity contribution >= 4 is 5.97 Å². The lowest BCUT2D eigenvalue weighted by Gasteiger charge is -2.09. The Labute approximate surface area is 88.1 Å². The van der Waals surface area contributed by atoms with Crippen LogP contribution in [0.1, 0.15) is 5.56 Å². The fraction of sp³-hybridized carbons (Fsp3) is 0.222. The quantitative estimate of drug-likeness (QED) is 0.675. The Morgan fingerprint density at radius 2 is 1.94 bits per heavy atom. The molecule has 0 spiro atoms. The van der Waals surface area contributed by atoms with E-state index in [1.54, 1.807) is 0 Å². The zero-order valence-corrected chi connectivity index (χ0v) is 7.88. The highest BCUT2D eigenvalue weighted by molar-refractivity contribution is 5.73. The summed E-state index contributed by atoms with van der Waals surface area (Å²) in [4.78, 5) is 10.4. The van der Waals surface area contributed by atoms with Crippen molar-refractivity contribution in [2.24, 2.45) is 5.73 Å². The predicted octanol–water partition coefficient (Wildman–Crippen LogP) is 0.764. The molecule has 0 fully saturated rings. The second-order valence-corrected chi connectivity index (χ2v) is 3.14. The first kappa shape index (κ1) is 12.3. The summed E-state index contributed by atoms with van der Waals surface area (Å²) in [5.41, 5.74) is 4.54. The van der Waals surface area contributed by atoms with E-state index in [0.717, 1.165) is 0 Å². The summed E-state index contributed by atoms with van der Waals surface area (Å²) in [7, 11) is 0. The molecule has 1 rings (SSSR count). The topological polar surface area (TPSA) is 83.5 Å². The van der Waals surface area contributed by atoms with Crippen molar-refractivity contribution in [1.29, 1.82) is 0 Å². The minimum atomic E-state index is -1.76. The SMILES string of the molecule is NC(Cc1cc(F)c(O)c(F)c1F)C(=O)O. The van der Waals surface area contributed by atoms with Gasteiger partial charge in [-0.15, -0.1) is 0 Å². The number of rotatable bonds is 3. The number of nitrogens with two attached hydrogens (primary N) is 1. The first-order valence-corrected chi connectivity index (χ1v) is 4.18. The number of carboxylic acid groups (broad SMARTS) is 1. The number of carboxylic acids is 1. The van der Waals surface area contributed by atoms with Gasteiger partial charge >= 0.3 is 5.97 Å². The van der Waals surface area contributed by atoms with Crippen LogP contribution in [0.3, 0.4) is 0 Å². The highest BCUT2D eigenvalue weighted by atomic mass is 19.2. The number of carbonyl (C=O) groups is 1. The van der Waals surface area contributed by atoms with E-state index >= 15 is 0 Å². The van der Waals surface area contributed by atoms with Crippen LogP contribution in [0.5, 0.6) is 5.75 Å². The van der Waals surface area contributed by atoms with Crippen LogP contribution in [-0.4, -0.2) is 22.2 Å². The minimum absolute atomic E-state index is 0.510. The van der Waals surface area contributed by atoms with Gasteiger partial charge in [0.05, 0.1) is 0 Å². The molecule has 0 aliphatic rings. The summed E-state index contributed by atoms with van der Waals surface area (Å²) in [5.74, 6) is -7.49. The van der Waals surface area contributed by atoms with E-state index in [9.17, 15) is 18.0 Å². The van der Waals surface area contributed by atoms with Crippen molar-refractivity contribution in [3.63, 3.8) is 0 Å². The molecule has 0 aliphatic heterocycles. The largest absolute Gasteiger partial charge is 0.503 e. The number of phenolic OH excluding ortho intramolecular Hbond substituents is 1. The van der Waals surface area contributed by atoms with Crippen molar-refractivity contribution in [3.8, 4) is 5.75 Å². The highest BCUT2D eigenvalue weighted by Crippen LogP contribution is 2.25. The molecular formula is C9H8F3NO3. The van der Waals surface area contributed by atoms with Crippen LogP contribution in [-0.2, 0) is 11.2 Å². The van der Waals surface area contributed by atoms with Gasteiger partial charge in [0.25, 0.3) is 0 Å². The molecule has 1 aromatic carbocycles. The number of hydrogen-bond donors (Lipinski definition) is 3. The molecule has 88 valence electrons. The lowest BCUT2D eigenvalue weighted by molar-refractivity contribution is -0.138. The monoisotopic (exact) mass is 235 g/mol. The van der Waals surface area contributed by atoms with Crippen molar-refractivity contribution in [2.45, 2.75) is 12.5 Å². The van der Waals surface area contributed by atoms with Gasteiger partial charge < -0.3 is 15.9 Å². The lowest BCUT2D eigenvalue weighted by Crippen LogP contribution is -2.32. The molecule has 0 saturated carbocycles. The van der Waals surface area contributed by atoms with Gasteiger partial charge in [0.15, 0.2) is 17.4 Å². The van der Waals surface area contributed by atoms with Crippen LogP contribution >= 0.6 is 0 Å². The van der Waals surface area contributed by atoms with E-state index in [1.165, 1.54) is 0 Å². The maximum Gasteiger partial charge on any atom is 0.320 e. The summed E-state index contributed by atoms with van der Waals surface area (Å²) in [6, 6.07) is -0.964. The molecule has 0 aromatic heterocycles. The number of aliphatic carboxylic acids is 1. The zero-order valence-electron chi connectivity index (χ0n) is 7.88. The Morgan fingerprint density at radius 1 is 1.38 bits per heavy atom. The Kier molecular flexibility index (Phi) is 3.38. The smallest absolute Gasteiger partial charge is 0.320 e. The average Bonchev–Trinajstić information content (AvgIpc) is 2.22. The van der Waals surface area contributed by atoms with E-state index in [1.807, 2.05) is 0 Å². The van der Waals surface area contributed by atoms with Crippen LogP contribution < -0.4 is 5.73 Å². The van der Waals surface area contributed by atoms with E-state index in [0.29, 0.717) is 6.07 Å². The Hall–Kier alpha value is -1.76. The minimum Gasteiger partial charge on any atom is -0.503 e. The standard InChI is InChI=1S/C9H8F3NO3/c10-4-1-3(2-5(13)9(15)16)6(11)7(12)8(4)14/h1,5,14H,2,13H2,(H,15,16). The number of benzene rings is 1. The van der Waals surface area contributed by atoms with Gasteiger partial charge in [-0.2, -0.15) is 4.39 Å². The van der Waals surface area contributed by atoms with Gasteiger partial charge in [0, 0.05) is 6.42 Å². The number of hydrogen-bond acceptors (Lipinski definition) is 3. The first-order valence-electron chi connectivity index (χ1n) is 4.18. The van der Waals surface area contributed by atoms with Gasteiger partial charge in [-0.3, -0.25) is 4.79 Å². The van der Waals surface area contributed by atoms with Gasteiger partial charge in [0.2, 0.25) is 5.82 Å². The van der Waals surface area contributed by atoms with Crippen molar-refractivity contribution in [2.75, 3.05) is 0 Å². The van der Waals surface area contributed by atoms with Crippen molar-refractivity contribution in [3.05, 3.63) is 29.1 Å². The third-order valence-corrected chi connectivity index (χ3v) is 1.97. The lowest BCUT2D eigenvalue weighted by atomic mass is 10.1. The second kappa shape index (κ2) is 4.40. The van der Waals surface area contributed by atoms with Crippen LogP contribution in [0.4, 0.5) is 13.2 Å². The average molecular weight is 235 g/mol. The molecule has 1 atom stereocenters. The van der Waals surface area contributed by atoms with Gasteiger partial charge in [-0.1, -0.05) is 0 Å². The number of phenols is 1. The fourth-order valence-electron chi connectivity index (χ4n) is 1.11. The van der Waals surface area contributed by atoms with E-state index < -0.39 is 47.2 Å². The Balaban J connectivity index is 3.11. The fourth-order valence-corrected chi connectivity index (χ4v) is 1.11. The summed E-state index contributed by atoms with van der Waals surface area (Å²) < 4.78 is 38.8. The summed E-state index contributed by atoms with van der Waals surface area (Å²) in [6.45, 7) is 0. The second-order valence-electron chi connectivity index (χ2n) is 3.14. The Morgan fingerprint density at radius 3 is 2.44 bits per heavy atom. The molecule has 1 aromatic rings. The van der Waals surface area contributed by atoms with Gasteiger partial charge in [0.1, 0.15) is 6.04 Å². The molecule has 0 bridgehead atoms. The molecule has 1 unspecified atom stereocenters. The highest BCUT2D eigenvalue weighted by Gasteiger charge is 2.21. The summed E-state index contributed by atoms with van der Waals surface area (Å²) in [5, 5.41) is 17.2. The maximum absolute atomic E-state index is 13.1. The van der Waals surface area contributed by atoms with E-state index in [2.05, 4.69) is 0 Å². The molecule has 0 heterocycles. The van der Waals surface area contributed by atoms with Crippen LogP contribution in [0.2, 0.25) is 0 Å². The third-order valence-electron chi connectivity index (χ3n) is 1.97. The predicted molar refractivity (Wildman–Crippen MR) is 47.3 cm³/mol. The summed E-state index contributed by atoms with van der Waals surface area (Å²) >= 11 is 0. The zero-order chi connectivity index (χ0) is 12.5. The number of aromatic hydroxyl groups is 1.